The van der Waals surface area contributed by atoms with E-state index in [2.05, 4.69) is 15.3 Å². The summed E-state index contributed by atoms with van der Waals surface area (Å²) in [6.07, 6.45) is 3.05. The molecule has 0 amide bonds. The number of aryl methyl sites for hydroxylation is 1. The third-order valence-electron chi connectivity index (χ3n) is 3.87. The molecule has 7 heteroatoms. The van der Waals surface area contributed by atoms with E-state index in [9.17, 15) is 8.42 Å². The quantitative estimate of drug-likeness (QED) is 0.893. The molecule has 110 valence electrons. The van der Waals surface area contributed by atoms with Gasteiger partial charge in [-0.1, -0.05) is 0 Å². The van der Waals surface area contributed by atoms with Crippen molar-refractivity contribution in [1.29, 1.82) is 0 Å². The van der Waals surface area contributed by atoms with E-state index in [1.165, 1.54) is 12.8 Å². The summed E-state index contributed by atoms with van der Waals surface area (Å²) in [5.41, 5.74) is 0. The molecular weight excluding hydrogens is 276 g/mol. The molecule has 1 N–H and O–H groups in total. The molecule has 2 aliphatic rings. The lowest BCUT2D eigenvalue weighted by Crippen LogP contribution is -2.33. The van der Waals surface area contributed by atoms with Gasteiger partial charge in [0.1, 0.15) is 17.5 Å². The van der Waals surface area contributed by atoms with Crippen molar-refractivity contribution in [3.8, 4) is 0 Å². The van der Waals surface area contributed by atoms with Crippen LogP contribution in [-0.2, 0) is 9.84 Å². The highest BCUT2D eigenvalue weighted by atomic mass is 32.2. The maximum absolute atomic E-state index is 11.6. The molecule has 1 atom stereocenters. The Morgan fingerprint density at radius 2 is 2.05 bits per heavy atom. The summed E-state index contributed by atoms with van der Waals surface area (Å²) in [4.78, 5) is 10.8. The average Bonchev–Trinajstić information content (AvgIpc) is 3.09. The predicted molar refractivity (Wildman–Crippen MR) is 78.9 cm³/mol. The lowest BCUT2D eigenvalue weighted by atomic mass is 10.2. The first-order chi connectivity index (χ1) is 9.43. The van der Waals surface area contributed by atoms with Crippen molar-refractivity contribution in [1.82, 2.24) is 9.97 Å². The number of hydrogen-bond donors (Lipinski definition) is 1. The molecule has 1 unspecified atom stereocenters. The third-order valence-corrected chi connectivity index (χ3v) is 5.62. The number of nitrogens with zero attached hydrogens (tertiary/aromatic N) is 3. The standard InChI is InChI=1S/C13H20N4O2S/c1-9-14-12(16-10-3-4-10)7-13(15-9)17(2)11-5-6-20(18,19)8-11/h7,10-11H,3-6,8H2,1-2H3,(H,14,15,16). The van der Waals surface area contributed by atoms with Crippen LogP contribution < -0.4 is 10.2 Å². The van der Waals surface area contributed by atoms with Crippen molar-refractivity contribution in [2.75, 3.05) is 28.8 Å². The molecule has 3 rings (SSSR count). The van der Waals surface area contributed by atoms with E-state index >= 15 is 0 Å². The monoisotopic (exact) mass is 296 g/mol. The van der Waals surface area contributed by atoms with Crippen LogP contribution in [0.3, 0.4) is 0 Å². The molecule has 20 heavy (non-hydrogen) atoms. The first kappa shape index (κ1) is 13.6. The van der Waals surface area contributed by atoms with Gasteiger partial charge in [-0.3, -0.25) is 0 Å². The zero-order chi connectivity index (χ0) is 14.3. The van der Waals surface area contributed by atoms with Crippen molar-refractivity contribution in [2.45, 2.75) is 38.3 Å². The maximum atomic E-state index is 11.6. The molecule has 0 bridgehead atoms. The highest BCUT2D eigenvalue weighted by Crippen LogP contribution is 2.27. The third kappa shape index (κ3) is 3.03. The van der Waals surface area contributed by atoms with Gasteiger partial charge in [-0.05, 0) is 26.2 Å². The predicted octanol–water partition coefficient (Wildman–Crippen LogP) is 0.983. The summed E-state index contributed by atoms with van der Waals surface area (Å²) in [6, 6.07) is 2.47. The molecule has 0 aromatic carbocycles. The minimum Gasteiger partial charge on any atom is -0.367 e. The van der Waals surface area contributed by atoms with Crippen LogP contribution in [0.1, 0.15) is 25.1 Å². The summed E-state index contributed by atoms with van der Waals surface area (Å²) in [5.74, 6) is 2.83. The summed E-state index contributed by atoms with van der Waals surface area (Å²) >= 11 is 0. The fourth-order valence-electron chi connectivity index (χ4n) is 2.51. The molecular formula is C13H20N4O2S. The van der Waals surface area contributed by atoms with E-state index in [-0.39, 0.29) is 17.5 Å². The lowest BCUT2D eigenvalue weighted by Gasteiger charge is -2.25. The van der Waals surface area contributed by atoms with Gasteiger partial charge in [-0.25, -0.2) is 18.4 Å². The van der Waals surface area contributed by atoms with Crippen LogP contribution >= 0.6 is 0 Å². The SMILES string of the molecule is Cc1nc(NC2CC2)cc(N(C)C2CCS(=O)(=O)C2)n1. The van der Waals surface area contributed by atoms with Gasteiger partial charge in [0.2, 0.25) is 0 Å². The minimum atomic E-state index is -2.88. The highest BCUT2D eigenvalue weighted by Gasteiger charge is 2.31. The molecule has 6 nitrogen and oxygen atoms in total. The second-order valence-corrected chi connectivity index (χ2v) is 7.97. The Kier molecular flexibility index (Phi) is 3.32. The van der Waals surface area contributed by atoms with Gasteiger partial charge >= 0.3 is 0 Å². The van der Waals surface area contributed by atoms with Crippen molar-refractivity contribution in [2.24, 2.45) is 0 Å². The lowest BCUT2D eigenvalue weighted by molar-refractivity contribution is 0.600. The molecule has 1 aromatic heterocycles. The molecule has 1 saturated heterocycles. The fourth-order valence-corrected chi connectivity index (χ4v) is 4.29. The van der Waals surface area contributed by atoms with E-state index in [0.29, 0.717) is 18.3 Å². The highest BCUT2D eigenvalue weighted by molar-refractivity contribution is 7.91. The first-order valence-electron chi connectivity index (χ1n) is 6.98. The first-order valence-corrected chi connectivity index (χ1v) is 8.80. The van der Waals surface area contributed by atoms with E-state index in [4.69, 9.17) is 0 Å². The molecule has 0 radical (unpaired) electrons. The van der Waals surface area contributed by atoms with Crippen LogP contribution in [0, 0.1) is 6.92 Å². The summed E-state index contributed by atoms with van der Waals surface area (Å²) < 4.78 is 23.2. The van der Waals surface area contributed by atoms with Gasteiger partial charge < -0.3 is 10.2 Å². The Labute approximate surface area is 119 Å². The molecule has 2 heterocycles. The Hall–Kier alpha value is -1.37. The van der Waals surface area contributed by atoms with E-state index in [1.54, 1.807) is 0 Å². The van der Waals surface area contributed by atoms with Crippen molar-refractivity contribution < 1.29 is 8.42 Å². The van der Waals surface area contributed by atoms with Crippen LogP contribution in [0.2, 0.25) is 0 Å². The van der Waals surface area contributed by atoms with Crippen LogP contribution in [-0.4, -0.2) is 49.0 Å². The molecule has 0 spiro atoms. The van der Waals surface area contributed by atoms with Crippen LogP contribution in [0.25, 0.3) is 0 Å². The Morgan fingerprint density at radius 3 is 2.65 bits per heavy atom. The normalized spacial score (nSPS) is 24.6. The summed E-state index contributed by atoms with van der Waals surface area (Å²) in [5, 5.41) is 3.36. The molecule has 1 saturated carbocycles. The Balaban J connectivity index is 1.79. The second-order valence-electron chi connectivity index (χ2n) is 5.74. The number of anilines is 2. The zero-order valence-corrected chi connectivity index (χ0v) is 12.7. The van der Waals surface area contributed by atoms with Gasteiger partial charge in [0.05, 0.1) is 11.5 Å². The molecule has 1 aromatic rings. The smallest absolute Gasteiger partial charge is 0.152 e. The van der Waals surface area contributed by atoms with Crippen LogP contribution in [0.4, 0.5) is 11.6 Å². The van der Waals surface area contributed by atoms with Crippen molar-refractivity contribution >= 4 is 21.5 Å². The van der Waals surface area contributed by atoms with Gasteiger partial charge in [0, 0.05) is 25.2 Å². The topological polar surface area (TPSA) is 75.2 Å². The largest absolute Gasteiger partial charge is 0.367 e. The van der Waals surface area contributed by atoms with E-state index in [0.717, 1.165) is 11.6 Å². The van der Waals surface area contributed by atoms with E-state index < -0.39 is 9.84 Å². The number of hydrogen-bond acceptors (Lipinski definition) is 6. The van der Waals surface area contributed by atoms with Gasteiger partial charge in [0.15, 0.2) is 9.84 Å². The number of sulfone groups is 1. The number of aromatic nitrogens is 2. The maximum Gasteiger partial charge on any atom is 0.152 e. The second kappa shape index (κ2) is 4.87. The number of nitrogens with one attached hydrogen (secondary N) is 1. The summed E-state index contributed by atoms with van der Waals surface area (Å²) in [7, 11) is -0.968. The fraction of sp³-hybridized carbons (Fsp3) is 0.692. The zero-order valence-electron chi connectivity index (χ0n) is 11.8. The van der Waals surface area contributed by atoms with Gasteiger partial charge in [-0.2, -0.15) is 0 Å². The van der Waals surface area contributed by atoms with Gasteiger partial charge in [-0.15, -0.1) is 0 Å². The number of rotatable bonds is 4. The van der Waals surface area contributed by atoms with Crippen LogP contribution in [0.15, 0.2) is 6.07 Å². The van der Waals surface area contributed by atoms with Crippen molar-refractivity contribution in [3.05, 3.63) is 11.9 Å². The van der Waals surface area contributed by atoms with E-state index in [1.807, 2.05) is 24.9 Å². The Morgan fingerprint density at radius 1 is 1.30 bits per heavy atom. The molecule has 1 aliphatic carbocycles. The minimum absolute atomic E-state index is 0.0167. The molecule has 2 fully saturated rings. The van der Waals surface area contributed by atoms with Gasteiger partial charge in [0.25, 0.3) is 0 Å². The Bertz CT molecular complexity index is 613. The summed E-state index contributed by atoms with van der Waals surface area (Å²) in [6.45, 7) is 1.86. The average molecular weight is 296 g/mol. The van der Waals surface area contributed by atoms with Crippen molar-refractivity contribution in [3.63, 3.8) is 0 Å². The van der Waals surface area contributed by atoms with Crippen LogP contribution in [0.5, 0.6) is 0 Å². The molecule has 1 aliphatic heterocycles.